The molecule has 0 saturated carbocycles. The van der Waals surface area contributed by atoms with Crippen molar-refractivity contribution in [2.75, 3.05) is 20.8 Å². The van der Waals surface area contributed by atoms with Crippen molar-refractivity contribution >= 4 is 5.97 Å². The molecule has 7 heteroatoms. The van der Waals surface area contributed by atoms with Gasteiger partial charge in [0.15, 0.2) is 12.4 Å². The topological polar surface area (TPSA) is 83.5 Å². The van der Waals surface area contributed by atoms with Crippen LogP contribution in [0.2, 0.25) is 0 Å². The van der Waals surface area contributed by atoms with Crippen LogP contribution in [0.15, 0.2) is 91.0 Å². The summed E-state index contributed by atoms with van der Waals surface area (Å²) < 4.78 is 29.3. The van der Waals surface area contributed by atoms with E-state index in [9.17, 15) is 9.90 Å². The zero-order valence-electron chi connectivity index (χ0n) is 20.7. The molecule has 0 aromatic heterocycles. The molecule has 0 amide bonds. The summed E-state index contributed by atoms with van der Waals surface area (Å²) in [6, 6.07) is 29.7. The Morgan fingerprint density at radius 1 is 0.778 bits per heavy atom. The average molecular weight is 493 g/mol. The smallest absolute Gasteiger partial charge is 0.303 e. The molecule has 0 unspecified atom stereocenters. The molecule has 1 saturated heterocycles. The van der Waals surface area contributed by atoms with Gasteiger partial charge in [0.25, 0.3) is 0 Å². The molecule has 7 nitrogen and oxygen atoms in total. The number of hydrogen-bond acceptors (Lipinski definition) is 7. The van der Waals surface area contributed by atoms with Crippen LogP contribution in [0.25, 0.3) is 0 Å². The molecule has 1 aliphatic rings. The van der Waals surface area contributed by atoms with Crippen LogP contribution in [0.5, 0.6) is 0 Å². The maximum atomic E-state index is 12.0. The SMILES string of the molecule is CO[C@H]1[C@@H](OC)[C@@H](O)O[C@H](COC(c2ccccc2)(c2ccccc2)c2ccccc2)[C@H]1OC(C)=O. The Kier molecular flexibility index (Phi) is 8.51. The highest BCUT2D eigenvalue weighted by Gasteiger charge is 2.49. The molecule has 36 heavy (non-hydrogen) atoms. The average Bonchev–Trinajstić information content (AvgIpc) is 2.91. The molecule has 1 N–H and O–H groups in total. The molecule has 4 rings (SSSR count). The quantitative estimate of drug-likeness (QED) is 0.360. The summed E-state index contributed by atoms with van der Waals surface area (Å²) in [6.45, 7) is 1.31. The summed E-state index contributed by atoms with van der Waals surface area (Å²) in [5, 5.41) is 10.7. The first-order chi connectivity index (χ1) is 17.5. The van der Waals surface area contributed by atoms with Crippen LogP contribution in [0.1, 0.15) is 23.6 Å². The Labute approximate surface area is 211 Å². The van der Waals surface area contributed by atoms with E-state index in [-0.39, 0.29) is 6.61 Å². The van der Waals surface area contributed by atoms with Gasteiger partial charge >= 0.3 is 5.97 Å². The Morgan fingerprint density at radius 3 is 1.61 bits per heavy atom. The first kappa shape index (κ1) is 26.0. The van der Waals surface area contributed by atoms with Crippen LogP contribution >= 0.6 is 0 Å². The molecule has 1 aliphatic heterocycles. The fraction of sp³-hybridized carbons (Fsp3) is 0.345. The summed E-state index contributed by atoms with van der Waals surface area (Å²) in [6.07, 6.45) is -4.56. The van der Waals surface area contributed by atoms with Crippen molar-refractivity contribution in [2.24, 2.45) is 0 Å². The van der Waals surface area contributed by atoms with Crippen LogP contribution in [-0.4, -0.2) is 62.6 Å². The summed E-state index contributed by atoms with van der Waals surface area (Å²) in [4.78, 5) is 12.0. The van der Waals surface area contributed by atoms with Crippen molar-refractivity contribution < 1.29 is 33.6 Å². The van der Waals surface area contributed by atoms with Crippen LogP contribution in [0.4, 0.5) is 0 Å². The molecule has 5 atom stereocenters. The van der Waals surface area contributed by atoms with E-state index in [4.69, 9.17) is 23.7 Å². The lowest BCUT2D eigenvalue weighted by Gasteiger charge is -2.44. The van der Waals surface area contributed by atoms with Crippen LogP contribution in [0.3, 0.4) is 0 Å². The normalized spacial score (nSPS) is 24.3. The number of carbonyl (C=O) groups is 1. The molecule has 0 bridgehead atoms. The van der Waals surface area contributed by atoms with Crippen molar-refractivity contribution in [3.8, 4) is 0 Å². The van der Waals surface area contributed by atoms with Crippen molar-refractivity contribution in [2.45, 2.75) is 43.2 Å². The standard InChI is InChI=1S/C29H32O7/c1-20(30)35-25-24(36-28(31)27(33-3)26(25)32-2)19-34-29(21-13-7-4-8-14-21,22-15-9-5-10-16-22)23-17-11-6-12-18-23/h4-18,24-28,31H,19H2,1-3H3/t24-,25-,26-,27-,28+/m1/s1. The molecule has 190 valence electrons. The molecule has 0 spiro atoms. The third-order valence-corrected chi connectivity index (χ3v) is 6.46. The number of aliphatic hydroxyl groups excluding tert-OH is 1. The van der Waals surface area contributed by atoms with Crippen molar-refractivity contribution in [1.82, 2.24) is 0 Å². The van der Waals surface area contributed by atoms with Gasteiger partial charge < -0.3 is 28.8 Å². The maximum Gasteiger partial charge on any atom is 0.303 e. The van der Waals surface area contributed by atoms with Gasteiger partial charge in [0.1, 0.15) is 23.9 Å². The molecule has 3 aromatic rings. The number of rotatable bonds is 9. The molecule has 0 radical (unpaired) electrons. The fourth-order valence-electron chi connectivity index (χ4n) is 4.86. The van der Waals surface area contributed by atoms with Crippen LogP contribution < -0.4 is 0 Å². The Bertz CT molecular complexity index is 994. The monoisotopic (exact) mass is 492 g/mol. The van der Waals surface area contributed by atoms with Gasteiger partial charge in [-0.25, -0.2) is 0 Å². The largest absolute Gasteiger partial charge is 0.457 e. The lowest BCUT2D eigenvalue weighted by molar-refractivity contribution is -0.302. The second-order valence-electron chi connectivity index (χ2n) is 8.63. The van der Waals surface area contributed by atoms with E-state index in [1.54, 1.807) is 0 Å². The van der Waals surface area contributed by atoms with E-state index in [1.807, 2.05) is 91.0 Å². The predicted molar refractivity (Wildman–Crippen MR) is 133 cm³/mol. The summed E-state index contributed by atoms with van der Waals surface area (Å²) in [7, 11) is 2.92. The van der Waals surface area contributed by atoms with E-state index < -0.39 is 42.3 Å². The molecule has 3 aromatic carbocycles. The molecular formula is C29H32O7. The highest BCUT2D eigenvalue weighted by molar-refractivity contribution is 5.66. The second kappa shape index (κ2) is 11.8. The molecule has 0 aliphatic carbocycles. The van der Waals surface area contributed by atoms with Gasteiger partial charge in [-0.15, -0.1) is 0 Å². The fourth-order valence-corrected chi connectivity index (χ4v) is 4.86. The first-order valence-electron chi connectivity index (χ1n) is 11.9. The highest BCUT2D eigenvalue weighted by atomic mass is 16.7. The Morgan fingerprint density at radius 2 is 1.22 bits per heavy atom. The van der Waals surface area contributed by atoms with Crippen molar-refractivity contribution in [1.29, 1.82) is 0 Å². The lowest BCUT2D eigenvalue weighted by atomic mass is 9.80. The van der Waals surface area contributed by atoms with Gasteiger partial charge in [0, 0.05) is 21.1 Å². The van der Waals surface area contributed by atoms with E-state index >= 15 is 0 Å². The van der Waals surface area contributed by atoms with Gasteiger partial charge in [-0.2, -0.15) is 0 Å². The zero-order chi connectivity index (χ0) is 25.5. The first-order valence-corrected chi connectivity index (χ1v) is 11.9. The van der Waals surface area contributed by atoms with Crippen LogP contribution in [0, 0.1) is 0 Å². The van der Waals surface area contributed by atoms with Crippen molar-refractivity contribution in [3.63, 3.8) is 0 Å². The van der Waals surface area contributed by atoms with E-state index in [0.29, 0.717) is 0 Å². The summed E-state index contributed by atoms with van der Waals surface area (Å²) in [5.41, 5.74) is 1.75. The zero-order valence-corrected chi connectivity index (χ0v) is 20.7. The minimum absolute atomic E-state index is 0.00994. The Hall–Kier alpha value is -3.07. The molecule has 1 fully saturated rings. The van der Waals surface area contributed by atoms with Gasteiger partial charge in [0.2, 0.25) is 0 Å². The van der Waals surface area contributed by atoms with Crippen LogP contribution in [-0.2, 0) is 34.1 Å². The number of hydrogen-bond donors (Lipinski definition) is 1. The summed E-state index contributed by atoms with van der Waals surface area (Å²) >= 11 is 0. The minimum atomic E-state index is -1.29. The number of carbonyl (C=O) groups excluding carboxylic acids is 1. The highest BCUT2D eigenvalue weighted by Crippen LogP contribution is 2.41. The van der Waals surface area contributed by atoms with Gasteiger partial charge in [-0.1, -0.05) is 91.0 Å². The summed E-state index contributed by atoms with van der Waals surface area (Å²) in [5.74, 6) is -0.498. The number of aliphatic hydroxyl groups is 1. The van der Waals surface area contributed by atoms with E-state index in [1.165, 1.54) is 21.1 Å². The number of ether oxygens (including phenoxy) is 5. The van der Waals surface area contributed by atoms with E-state index in [0.717, 1.165) is 16.7 Å². The molecular weight excluding hydrogens is 460 g/mol. The maximum absolute atomic E-state index is 12.0. The Balaban J connectivity index is 1.78. The van der Waals surface area contributed by atoms with Gasteiger partial charge in [-0.05, 0) is 16.7 Å². The van der Waals surface area contributed by atoms with Gasteiger partial charge in [-0.3, -0.25) is 4.79 Å². The number of methoxy groups -OCH3 is 2. The third-order valence-electron chi connectivity index (χ3n) is 6.46. The number of benzene rings is 3. The van der Waals surface area contributed by atoms with E-state index in [2.05, 4.69) is 0 Å². The third kappa shape index (κ3) is 5.21. The molecule has 1 heterocycles. The number of esters is 1. The van der Waals surface area contributed by atoms with Gasteiger partial charge in [0.05, 0.1) is 6.61 Å². The lowest BCUT2D eigenvalue weighted by Crippen LogP contribution is -2.61. The predicted octanol–water partition coefficient (Wildman–Crippen LogP) is 3.67. The minimum Gasteiger partial charge on any atom is -0.457 e. The van der Waals surface area contributed by atoms with Crippen molar-refractivity contribution in [3.05, 3.63) is 108 Å². The second-order valence-corrected chi connectivity index (χ2v) is 8.63.